The Morgan fingerprint density at radius 2 is 2.05 bits per heavy atom. The number of hydrogen-bond donors (Lipinski definition) is 1. The minimum atomic E-state index is -0.445. The number of ether oxygens (including phenoxy) is 1. The number of amides is 1. The van der Waals surface area contributed by atoms with E-state index in [1.165, 1.54) is 4.88 Å². The van der Waals surface area contributed by atoms with Gasteiger partial charge in [-0.3, -0.25) is 0 Å². The number of nitrogens with zero attached hydrogens (tertiary/aromatic N) is 2. The fourth-order valence-corrected chi connectivity index (χ4v) is 3.06. The number of thiazole rings is 1. The fourth-order valence-electron chi connectivity index (χ4n) is 2.11. The van der Waals surface area contributed by atoms with Gasteiger partial charge in [0.1, 0.15) is 5.60 Å². The van der Waals surface area contributed by atoms with Gasteiger partial charge in [0.25, 0.3) is 0 Å². The summed E-state index contributed by atoms with van der Waals surface area (Å²) in [4.78, 5) is 19.2. The molecule has 0 aliphatic carbocycles. The molecule has 5 nitrogen and oxygen atoms in total. The Hall–Kier alpha value is -1.14. The maximum absolute atomic E-state index is 11.8. The summed E-state index contributed by atoms with van der Waals surface area (Å²) in [6.45, 7) is 13.4. The summed E-state index contributed by atoms with van der Waals surface area (Å²) in [5.41, 5.74) is 0.660. The summed E-state index contributed by atoms with van der Waals surface area (Å²) in [5, 5.41) is 4.59. The van der Waals surface area contributed by atoms with Crippen LogP contribution in [0, 0.1) is 13.8 Å². The zero-order chi connectivity index (χ0) is 16.9. The summed E-state index contributed by atoms with van der Waals surface area (Å²) < 4.78 is 5.33. The number of aryl methyl sites for hydroxylation is 2. The first-order valence-electron chi connectivity index (χ1n) is 7.71. The van der Waals surface area contributed by atoms with E-state index in [4.69, 9.17) is 4.74 Å². The van der Waals surface area contributed by atoms with Crippen LogP contribution < -0.4 is 5.32 Å². The monoisotopic (exact) mass is 327 g/mol. The Balaban J connectivity index is 2.30. The number of hydrogen-bond acceptors (Lipinski definition) is 5. The van der Waals surface area contributed by atoms with Gasteiger partial charge in [0.2, 0.25) is 0 Å². The van der Waals surface area contributed by atoms with Crippen LogP contribution in [0.5, 0.6) is 0 Å². The highest BCUT2D eigenvalue weighted by atomic mass is 32.1. The molecule has 0 aliphatic heterocycles. The molecule has 6 heteroatoms. The van der Waals surface area contributed by atoms with Gasteiger partial charge in [-0.05, 0) is 54.5 Å². The van der Waals surface area contributed by atoms with E-state index >= 15 is 0 Å². The van der Waals surface area contributed by atoms with Crippen molar-refractivity contribution < 1.29 is 9.53 Å². The minimum absolute atomic E-state index is 0.269. The van der Waals surface area contributed by atoms with Gasteiger partial charge in [-0.2, -0.15) is 0 Å². The maximum atomic E-state index is 11.8. The normalized spacial score (nSPS) is 13.0. The molecule has 0 aromatic carbocycles. The molecule has 126 valence electrons. The van der Waals surface area contributed by atoms with Crippen molar-refractivity contribution in [3.05, 3.63) is 15.6 Å². The van der Waals surface area contributed by atoms with E-state index in [0.29, 0.717) is 6.54 Å². The molecular weight excluding hydrogens is 298 g/mol. The van der Waals surface area contributed by atoms with Crippen molar-refractivity contribution in [2.24, 2.45) is 0 Å². The zero-order valence-corrected chi connectivity index (χ0v) is 15.6. The van der Waals surface area contributed by atoms with Crippen LogP contribution in [0.3, 0.4) is 0 Å². The molecule has 1 amide bonds. The predicted molar refractivity (Wildman–Crippen MR) is 91.5 cm³/mol. The molecule has 1 atom stereocenters. The Labute approximate surface area is 138 Å². The highest BCUT2D eigenvalue weighted by Gasteiger charge is 2.19. The van der Waals surface area contributed by atoms with Gasteiger partial charge in [-0.25, -0.2) is 9.78 Å². The Morgan fingerprint density at radius 3 is 2.55 bits per heavy atom. The second-order valence-electron chi connectivity index (χ2n) is 6.61. The van der Waals surface area contributed by atoms with Gasteiger partial charge >= 0.3 is 6.09 Å². The lowest BCUT2D eigenvalue weighted by Crippen LogP contribution is -2.35. The summed E-state index contributed by atoms with van der Waals surface area (Å²) in [6.07, 6.45) is 0.617. The largest absolute Gasteiger partial charge is 0.444 e. The molecule has 0 saturated heterocycles. The molecule has 1 aromatic heterocycles. The van der Waals surface area contributed by atoms with E-state index in [2.05, 4.69) is 17.2 Å². The van der Waals surface area contributed by atoms with E-state index in [1.54, 1.807) is 23.3 Å². The fraction of sp³-hybridized carbons (Fsp3) is 0.750. The first-order chi connectivity index (χ1) is 10.1. The second kappa shape index (κ2) is 7.92. The first-order valence-corrected chi connectivity index (χ1v) is 8.53. The third-order valence-corrected chi connectivity index (χ3v) is 4.41. The molecule has 0 spiro atoms. The van der Waals surface area contributed by atoms with E-state index in [0.717, 1.165) is 23.7 Å². The SMILES string of the molecule is Cc1nc(C)c(C(C)NCCCN(C)C(=O)OC(C)(C)C)s1. The van der Waals surface area contributed by atoms with E-state index in [-0.39, 0.29) is 12.1 Å². The lowest BCUT2D eigenvalue weighted by atomic mass is 10.2. The third kappa shape index (κ3) is 6.32. The topological polar surface area (TPSA) is 54.5 Å². The molecule has 0 aliphatic rings. The molecule has 1 heterocycles. The molecular formula is C16H29N3O2S. The molecule has 1 aromatic rings. The number of carbonyl (C=O) groups excluding carboxylic acids is 1. The van der Waals surface area contributed by atoms with E-state index < -0.39 is 5.60 Å². The number of nitrogens with one attached hydrogen (secondary N) is 1. The highest BCUT2D eigenvalue weighted by Crippen LogP contribution is 2.24. The van der Waals surface area contributed by atoms with Gasteiger partial charge in [0, 0.05) is 24.5 Å². The predicted octanol–water partition coefficient (Wildman–Crippen LogP) is 3.67. The molecule has 22 heavy (non-hydrogen) atoms. The van der Waals surface area contributed by atoms with Crippen molar-refractivity contribution >= 4 is 17.4 Å². The maximum Gasteiger partial charge on any atom is 0.410 e. The van der Waals surface area contributed by atoms with Gasteiger partial charge in [0.15, 0.2) is 0 Å². The molecule has 0 fully saturated rings. The van der Waals surface area contributed by atoms with Crippen molar-refractivity contribution in [1.82, 2.24) is 15.2 Å². The smallest absolute Gasteiger partial charge is 0.410 e. The van der Waals surface area contributed by atoms with Crippen LogP contribution in [0.2, 0.25) is 0 Å². The van der Waals surface area contributed by atoms with Crippen molar-refractivity contribution in [2.45, 2.75) is 59.6 Å². The third-order valence-electron chi connectivity index (χ3n) is 3.16. The van der Waals surface area contributed by atoms with Crippen LogP contribution in [-0.2, 0) is 4.74 Å². The summed E-state index contributed by atoms with van der Waals surface area (Å²) in [7, 11) is 1.77. The molecule has 0 saturated carbocycles. The Kier molecular flexibility index (Phi) is 6.81. The van der Waals surface area contributed by atoms with Gasteiger partial charge in [0.05, 0.1) is 10.7 Å². The van der Waals surface area contributed by atoms with Gasteiger partial charge in [-0.15, -0.1) is 11.3 Å². The van der Waals surface area contributed by atoms with Crippen molar-refractivity contribution in [2.75, 3.05) is 20.1 Å². The lowest BCUT2D eigenvalue weighted by Gasteiger charge is -2.24. The molecule has 1 N–H and O–H groups in total. The number of aromatic nitrogens is 1. The van der Waals surface area contributed by atoms with Crippen LogP contribution >= 0.6 is 11.3 Å². The van der Waals surface area contributed by atoms with Crippen LogP contribution in [0.25, 0.3) is 0 Å². The second-order valence-corrected chi connectivity index (χ2v) is 7.85. The number of carbonyl (C=O) groups is 1. The van der Waals surface area contributed by atoms with Crippen LogP contribution in [-0.4, -0.2) is 41.7 Å². The molecule has 1 unspecified atom stereocenters. The van der Waals surface area contributed by atoms with E-state index in [1.807, 2.05) is 34.6 Å². The highest BCUT2D eigenvalue weighted by molar-refractivity contribution is 7.11. The summed E-state index contributed by atoms with van der Waals surface area (Å²) in [5.74, 6) is 0. The molecule has 0 radical (unpaired) electrons. The lowest BCUT2D eigenvalue weighted by molar-refractivity contribution is 0.0297. The average Bonchev–Trinajstić information content (AvgIpc) is 2.71. The minimum Gasteiger partial charge on any atom is -0.444 e. The summed E-state index contributed by atoms with van der Waals surface area (Å²) in [6, 6.07) is 0.290. The molecule has 1 rings (SSSR count). The summed E-state index contributed by atoms with van der Waals surface area (Å²) >= 11 is 1.74. The molecule has 0 bridgehead atoms. The van der Waals surface area contributed by atoms with Gasteiger partial charge in [-0.1, -0.05) is 0 Å². The quantitative estimate of drug-likeness (QED) is 0.810. The van der Waals surface area contributed by atoms with Crippen molar-refractivity contribution in [3.8, 4) is 0 Å². The van der Waals surface area contributed by atoms with Gasteiger partial charge < -0.3 is 15.0 Å². The standard InChI is InChI=1S/C16H29N3O2S/c1-11(14-12(2)18-13(3)22-14)17-9-8-10-19(7)15(20)21-16(4,5)6/h11,17H,8-10H2,1-7H3. The number of rotatable bonds is 6. The van der Waals surface area contributed by atoms with Crippen molar-refractivity contribution in [3.63, 3.8) is 0 Å². The van der Waals surface area contributed by atoms with Crippen LogP contribution in [0.4, 0.5) is 4.79 Å². The van der Waals surface area contributed by atoms with Crippen LogP contribution in [0.1, 0.15) is 55.7 Å². The first kappa shape index (κ1) is 18.9. The Morgan fingerprint density at radius 1 is 1.41 bits per heavy atom. The van der Waals surface area contributed by atoms with E-state index in [9.17, 15) is 4.79 Å². The average molecular weight is 327 g/mol. The zero-order valence-electron chi connectivity index (χ0n) is 14.8. The van der Waals surface area contributed by atoms with Crippen molar-refractivity contribution in [1.29, 1.82) is 0 Å². The Bertz CT molecular complexity index is 494. The van der Waals surface area contributed by atoms with Crippen LogP contribution in [0.15, 0.2) is 0 Å².